The molecule has 2 aromatic rings. The molecular weight excluding hydrogens is 489 g/mol. The van der Waals surface area contributed by atoms with Crippen molar-refractivity contribution in [3.63, 3.8) is 0 Å². The molecule has 4 N–H and O–H groups in total. The SMILES string of the molecule is O=C(NCC(=O)N1CCCC1c1ccccc1C(F)(F)F)NCc1ccc2c(c1)[C@@H]1C[C@@H](N2)[C@H](O)CO1. The number of hydrogen-bond acceptors (Lipinski definition) is 5. The van der Waals surface area contributed by atoms with Gasteiger partial charge in [-0.05, 0) is 42.2 Å². The number of carbonyl (C=O) groups is 2. The number of amides is 3. The second-order valence-electron chi connectivity index (χ2n) is 9.66. The first-order valence-electron chi connectivity index (χ1n) is 12.4. The van der Waals surface area contributed by atoms with Crippen LogP contribution in [0.2, 0.25) is 0 Å². The minimum absolute atomic E-state index is 0.0457. The highest BCUT2D eigenvalue weighted by Crippen LogP contribution is 2.41. The lowest BCUT2D eigenvalue weighted by atomic mass is 9.89. The van der Waals surface area contributed by atoms with E-state index in [1.165, 1.54) is 23.1 Å². The molecule has 2 aromatic carbocycles. The maximum absolute atomic E-state index is 13.5. The number of alkyl halides is 3. The van der Waals surface area contributed by atoms with Crippen LogP contribution in [0.3, 0.4) is 0 Å². The number of ether oxygens (including phenoxy) is 1. The summed E-state index contributed by atoms with van der Waals surface area (Å²) in [6.07, 6.45) is -3.49. The number of urea groups is 1. The number of nitrogens with one attached hydrogen (secondary N) is 3. The second kappa shape index (κ2) is 10.2. The molecule has 3 aliphatic heterocycles. The fourth-order valence-electron chi connectivity index (χ4n) is 5.41. The Bertz CT molecular complexity index is 1170. The Kier molecular flexibility index (Phi) is 7.00. The summed E-state index contributed by atoms with van der Waals surface area (Å²) in [5, 5.41) is 18.6. The first-order chi connectivity index (χ1) is 17.7. The van der Waals surface area contributed by atoms with Crippen molar-refractivity contribution in [1.29, 1.82) is 0 Å². The number of aliphatic hydroxyl groups is 1. The largest absolute Gasteiger partial charge is 0.416 e. The van der Waals surface area contributed by atoms with E-state index in [1.54, 1.807) is 0 Å². The fraction of sp³-hybridized carbons (Fsp3) is 0.462. The number of likely N-dealkylation sites (tertiary alicyclic amines) is 1. The highest BCUT2D eigenvalue weighted by Gasteiger charge is 2.39. The Balaban J connectivity index is 1.15. The summed E-state index contributed by atoms with van der Waals surface area (Å²) in [7, 11) is 0. The monoisotopic (exact) mass is 518 g/mol. The third-order valence-electron chi connectivity index (χ3n) is 7.26. The molecule has 37 heavy (non-hydrogen) atoms. The van der Waals surface area contributed by atoms with E-state index in [0.717, 1.165) is 22.9 Å². The lowest BCUT2D eigenvalue weighted by Crippen LogP contribution is -2.46. The third-order valence-corrected chi connectivity index (χ3v) is 7.26. The Morgan fingerprint density at radius 3 is 2.76 bits per heavy atom. The van der Waals surface area contributed by atoms with Crippen LogP contribution in [0, 0.1) is 0 Å². The predicted molar refractivity (Wildman–Crippen MR) is 129 cm³/mol. The minimum Gasteiger partial charge on any atom is -0.389 e. The lowest BCUT2D eigenvalue weighted by molar-refractivity contribution is -0.140. The minimum atomic E-state index is -4.51. The van der Waals surface area contributed by atoms with Crippen molar-refractivity contribution in [2.45, 2.75) is 56.3 Å². The van der Waals surface area contributed by atoms with Crippen molar-refractivity contribution in [2.75, 3.05) is 25.0 Å². The van der Waals surface area contributed by atoms with Crippen molar-refractivity contribution in [1.82, 2.24) is 15.5 Å². The number of carbonyl (C=O) groups excluding carboxylic acids is 2. The molecular formula is C26H29F3N4O4. The van der Waals surface area contributed by atoms with Crippen molar-refractivity contribution >= 4 is 17.6 Å². The lowest BCUT2D eigenvalue weighted by Gasteiger charge is -2.40. The first-order valence-corrected chi connectivity index (χ1v) is 12.4. The number of anilines is 1. The predicted octanol–water partition coefficient (Wildman–Crippen LogP) is 3.48. The van der Waals surface area contributed by atoms with Gasteiger partial charge in [-0.15, -0.1) is 0 Å². The second-order valence-corrected chi connectivity index (χ2v) is 9.66. The van der Waals surface area contributed by atoms with Gasteiger partial charge in [0, 0.05) is 30.8 Å². The Labute approximate surface area is 212 Å². The zero-order valence-electron chi connectivity index (χ0n) is 20.1. The quantitative estimate of drug-likeness (QED) is 0.486. The molecule has 5 rings (SSSR count). The number of aliphatic hydroxyl groups excluding tert-OH is 1. The molecule has 0 radical (unpaired) electrons. The van der Waals surface area contributed by atoms with E-state index in [2.05, 4.69) is 16.0 Å². The third kappa shape index (κ3) is 5.37. The van der Waals surface area contributed by atoms with E-state index in [1.807, 2.05) is 18.2 Å². The molecule has 2 bridgehead atoms. The van der Waals surface area contributed by atoms with E-state index in [4.69, 9.17) is 4.74 Å². The van der Waals surface area contributed by atoms with E-state index in [0.29, 0.717) is 25.8 Å². The molecule has 2 fully saturated rings. The molecule has 0 saturated carbocycles. The fourth-order valence-corrected chi connectivity index (χ4v) is 5.41. The molecule has 1 unspecified atom stereocenters. The first kappa shape index (κ1) is 25.3. The number of rotatable bonds is 5. The molecule has 3 heterocycles. The smallest absolute Gasteiger partial charge is 0.389 e. The molecule has 4 atom stereocenters. The standard InChI is InChI=1S/C26H29F3N4O4/c27-26(28,29)18-5-2-1-4-16(18)21-6-3-9-33(21)24(35)13-31-25(36)30-12-15-7-8-19-17(10-15)23-11-20(32-19)22(34)14-37-23/h1-2,4-5,7-8,10,20-23,32,34H,3,6,9,11-14H2,(H2,30,31,36)/t20-,21?,22-,23+/m1/s1. The number of hydrogen-bond donors (Lipinski definition) is 4. The topological polar surface area (TPSA) is 103 Å². The number of nitrogens with zero attached hydrogens (tertiary/aromatic N) is 1. The van der Waals surface area contributed by atoms with Gasteiger partial charge in [-0.3, -0.25) is 4.79 Å². The summed E-state index contributed by atoms with van der Waals surface area (Å²) in [5.41, 5.74) is 2.05. The van der Waals surface area contributed by atoms with Crippen LogP contribution in [-0.4, -0.2) is 53.8 Å². The molecule has 8 nitrogen and oxygen atoms in total. The summed E-state index contributed by atoms with van der Waals surface area (Å²) in [5.74, 6) is -0.430. The zero-order valence-corrected chi connectivity index (χ0v) is 20.1. The highest BCUT2D eigenvalue weighted by atomic mass is 19.4. The molecule has 2 saturated heterocycles. The zero-order chi connectivity index (χ0) is 26.2. The summed E-state index contributed by atoms with van der Waals surface area (Å²) >= 11 is 0. The van der Waals surface area contributed by atoms with Crippen molar-refractivity contribution in [3.05, 3.63) is 64.7 Å². The van der Waals surface area contributed by atoms with E-state index >= 15 is 0 Å². The van der Waals surface area contributed by atoms with Gasteiger partial charge in [0.1, 0.15) is 0 Å². The Hall–Kier alpha value is -3.31. The van der Waals surface area contributed by atoms with Crippen LogP contribution in [0.15, 0.2) is 42.5 Å². The van der Waals surface area contributed by atoms with Gasteiger partial charge in [-0.1, -0.05) is 24.3 Å². The van der Waals surface area contributed by atoms with Crippen LogP contribution in [0.25, 0.3) is 0 Å². The summed E-state index contributed by atoms with van der Waals surface area (Å²) in [6, 6.07) is 9.73. The van der Waals surface area contributed by atoms with Gasteiger partial charge in [0.2, 0.25) is 5.91 Å². The van der Waals surface area contributed by atoms with Crippen LogP contribution in [-0.2, 0) is 22.3 Å². The number of fused-ring (bicyclic) bond motifs is 4. The molecule has 3 aliphatic rings. The maximum atomic E-state index is 13.5. The number of halogens is 3. The number of benzene rings is 2. The summed E-state index contributed by atoms with van der Waals surface area (Å²) in [4.78, 5) is 26.6. The molecule has 0 aromatic heterocycles. The van der Waals surface area contributed by atoms with Crippen LogP contribution in [0.5, 0.6) is 0 Å². The molecule has 198 valence electrons. The summed E-state index contributed by atoms with van der Waals surface area (Å²) < 4.78 is 46.2. The van der Waals surface area contributed by atoms with Gasteiger partial charge in [0.05, 0.1) is 43.0 Å². The molecule has 3 amide bonds. The van der Waals surface area contributed by atoms with Crippen LogP contribution in [0.4, 0.5) is 23.7 Å². The van der Waals surface area contributed by atoms with Crippen LogP contribution < -0.4 is 16.0 Å². The van der Waals surface area contributed by atoms with Gasteiger partial charge in [0.25, 0.3) is 0 Å². The van der Waals surface area contributed by atoms with Gasteiger partial charge in [0.15, 0.2) is 0 Å². The van der Waals surface area contributed by atoms with Gasteiger partial charge >= 0.3 is 12.2 Å². The molecule has 11 heteroatoms. The van der Waals surface area contributed by atoms with Crippen molar-refractivity contribution in [3.8, 4) is 0 Å². The Morgan fingerprint density at radius 2 is 1.95 bits per heavy atom. The average molecular weight is 519 g/mol. The normalized spacial score (nSPS) is 24.7. The van der Waals surface area contributed by atoms with Gasteiger partial charge in [-0.2, -0.15) is 13.2 Å². The van der Waals surface area contributed by atoms with Crippen LogP contribution >= 0.6 is 0 Å². The van der Waals surface area contributed by atoms with E-state index in [-0.39, 0.29) is 37.4 Å². The Morgan fingerprint density at radius 1 is 1.14 bits per heavy atom. The van der Waals surface area contributed by atoms with Crippen molar-refractivity contribution < 1.29 is 32.6 Å². The van der Waals surface area contributed by atoms with Crippen LogP contribution in [0.1, 0.15) is 53.7 Å². The molecule has 0 aliphatic carbocycles. The van der Waals surface area contributed by atoms with Gasteiger partial charge < -0.3 is 30.7 Å². The van der Waals surface area contributed by atoms with E-state index < -0.39 is 35.8 Å². The van der Waals surface area contributed by atoms with Gasteiger partial charge in [-0.25, -0.2) is 4.79 Å². The maximum Gasteiger partial charge on any atom is 0.416 e. The van der Waals surface area contributed by atoms with Crippen molar-refractivity contribution in [2.24, 2.45) is 0 Å². The highest BCUT2D eigenvalue weighted by molar-refractivity contribution is 5.84. The van der Waals surface area contributed by atoms with E-state index in [9.17, 15) is 27.9 Å². The average Bonchev–Trinajstić information content (AvgIpc) is 3.38. The summed E-state index contributed by atoms with van der Waals surface area (Å²) in [6.45, 7) is 0.505. The molecule has 0 spiro atoms.